The molecule has 1 atom stereocenters. The van der Waals surface area contributed by atoms with Crippen LogP contribution in [0.4, 0.5) is 11.4 Å². The molecule has 6 heteroatoms. The van der Waals surface area contributed by atoms with E-state index >= 15 is 0 Å². The van der Waals surface area contributed by atoms with Gasteiger partial charge in [0.15, 0.2) is 0 Å². The molecule has 1 fully saturated rings. The van der Waals surface area contributed by atoms with Crippen molar-refractivity contribution in [3.63, 3.8) is 0 Å². The lowest BCUT2D eigenvalue weighted by atomic mass is 10.0. The molecule has 0 N–H and O–H groups in total. The van der Waals surface area contributed by atoms with Crippen molar-refractivity contribution < 1.29 is 4.79 Å². The zero-order valence-electron chi connectivity index (χ0n) is 17.1. The predicted molar refractivity (Wildman–Crippen MR) is 124 cm³/mol. The van der Waals surface area contributed by atoms with Gasteiger partial charge in [0.25, 0.3) is 0 Å². The van der Waals surface area contributed by atoms with Crippen molar-refractivity contribution in [2.45, 2.75) is 32.7 Å². The van der Waals surface area contributed by atoms with Crippen LogP contribution in [0.3, 0.4) is 0 Å². The van der Waals surface area contributed by atoms with Gasteiger partial charge in [-0.15, -0.1) is 12.4 Å². The summed E-state index contributed by atoms with van der Waals surface area (Å²) in [5, 5.41) is 0.799. The number of benzene rings is 2. The number of anilines is 2. The molecule has 29 heavy (non-hydrogen) atoms. The molecule has 1 unspecified atom stereocenters. The molecule has 1 saturated heterocycles. The van der Waals surface area contributed by atoms with E-state index in [0.717, 1.165) is 56.3 Å². The maximum atomic E-state index is 11.7. The highest BCUT2D eigenvalue weighted by atomic mass is 35.5. The first-order chi connectivity index (χ1) is 13.5. The first kappa shape index (κ1) is 21.9. The standard InChI is InChI=1S/C23H28ClN3O.ClH/c1-17(14-19-6-7-23-20(15-19)8-9-27(23)18(2)28)25-10-12-26(13-11-25)22-5-3-4-21(24)16-22;/h3-7,15-17H,8-14H2,1-2H3;1H. The number of hydrogen-bond donors (Lipinski definition) is 0. The molecule has 1 amide bonds. The highest BCUT2D eigenvalue weighted by Gasteiger charge is 2.24. The molecule has 2 heterocycles. The number of piperazine rings is 1. The highest BCUT2D eigenvalue weighted by Crippen LogP contribution is 2.29. The van der Waals surface area contributed by atoms with Crippen molar-refractivity contribution in [1.82, 2.24) is 4.90 Å². The summed E-state index contributed by atoms with van der Waals surface area (Å²) in [6.07, 6.45) is 2.01. The molecule has 2 aliphatic heterocycles. The Morgan fingerprint density at radius 1 is 1.07 bits per heavy atom. The third-order valence-electron chi connectivity index (χ3n) is 6.06. The average Bonchev–Trinajstić information content (AvgIpc) is 3.11. The summed E-state index contributed by atoms with van der Waals surface area (Å²) in [6.45, 7) is 8.98. The van der Waals surface area contributed by atoms with Gasteiger partial charge in [-0.1, -0.05) is 29.8 Å². The van der Waals surface area contributed by atoms with Gasteiger partial charge in [0, 0.05) is 62.1 Å². The van der Waals surface area contributed by atoms with E-state index in [1.165, 1.54) is 16.8 Å². The third-order valence-corrected chi connectivity index (χ3v) is 6.30. The number of amides is 1. The number of rotatable bonds is 4. The van der Waals surface area contributed by atoms with Gasteiger partial charge in [-0.05, 0) is 55.2 Å². The first-order valence-electron chi connectivity index (χ1n) is 10.2. The van der Waals surface area contributed by atoms with Crippen molar-refractivity contribution in [2.24, 2.45) is 0 Å². The lowest BCUT2D eigenvalue weighted by molar-refractivity contribution is -0.116. The molecule has 156 valence electrons. The summed E-state index contributed by atoms with van der Waals surface area (Å²) in [6, 6.07) is 15.3. The minimum Gasteiger partial charge on any atom is -0.369 e. The van der Waals surface area contributed by atoms with Crippen LogP contribution in [0, 0.1) is 0 Å². The molecule has 0 saturated carbocycles. The van der Waals surface area contributed by atoms with Crippen molar-refractivity contribution in [1.29, 1.82) is 0 Å². The normalized spacial score (nSPS) is 17.6. The lowest BCUT2D eigenvalue weighted by Crippen LogP contribution is -2.50. The quantitative estimate of drug-likeness (QED) is 0.713. The van der Waals surface area contributed by atoms with Crippen molar-refractivity contribution in [3.8, 4) is 0 Å². The summed E-state index contributed by atoms with van der Waals surface area (Å²) < 4.78 is 0. The number of halogens is 2. The molecule has 4 nitrogen and oxygen atoms in total. The molecule has 0 bridgehead atoms. The molecule has 2 aromatic rings. The summed E-state index contributed by atoms with van der Waals surface area (Å²) in [7, 11) is 0. The van der Waals surface area contributed by atoms with Crippen LogP contribution in [-0.2, 0) is 17.6 Å². The van der Waals surface area contributed by atoms with Crippen molar-refractivity contribution in [2.75, 3.05) is 42.5 Å². The monoisotopic (exact) mass is 433 g/mol. The molecule has 0 spiro atoms. The number of carbonyl (C=O) groups excluding carboxylic acids is 1. The van der Waals surface area contributed by atoms with Gasteiger partial charge in [-0.25, -0.2) is 0 Å². The molecular weight excluding hydrogens is 405 g/mol. The zero-order chi connectivity index (χ0) is 19.7. The Labute approximate surface area is 184 Å². The number of hydrogen-bond acceptors (Lipinski definition) is 3. The van der Waals surface area contributed by atoms with E-state index < -0.39 is 0 Å². The SMILES string of the molecule is CC(=O)N1CCc2cc(CC(C)N3CCN(c4cccc(Cl)c4)CC3)ccc21.Cl. The number of nitrogens with zero attached hydrogens (tertiary/aromatic N) is 3. The highest BCUT2D eigenvalue weighted by molar-refractivity contribution is 6.30. The second-order valence-corrected chi connectivity index (χ2v) is 8.38. The van der Waals surface area contributed by atoms with Crippen molar-refractivity contribution in [3.05, 3.63) is 58.6 Å². The third kappa shape index (κ3) is 4.88. The molecule has 4 rings (SSSR count). The fourth-order valence-corrected chi connectivity index (χ4v) is 4.66. The molecule has 0 radical (unpaired) electrons. The largest absolute Gasteiger partial charge is 0.369 e. The Balaban J connectivity index is 0.00000240. The Kier molecular flexibility index (Phi) is 7.10. The molecule has 0 aliphatic carbocycles. The Bertz CT molecular complexity index is 865. The predicted octanol–water partition coefficient (Wildman–Crippen LogP) is 4.42. The molecular formula is C23H29Cl2N3O. The van der Waals surface area contributed by atoms with Crippen LogP contribution in [-0.4, -0.2) is 49.6 Å². The number of carbonyl (C=O) groups is 1. The van der Waals surface area contributed by atoms with E-state index in [2.05, 4.69) is 47.1 Å². The zero-order valence-corrected chi connectivity index (χ0v) is 18.7. The van der Waals surface area contributed by atoms with Crippen LogP contribution in [0.25, 0.3) is 0 Å². The van der Waals surface area contributed by atoms with Gasteiger partial charge >= 0.3 is 0 Å². The van der Waals surface area contributed by atoms with Gasteiger partial charge in [0.1, 0.15) is 0 Å². The van der Waals surface area contributed by atoms with Crippen LogP contribution in [0.1, 0.15) is 25.0 Å². The van der Waals surface area contributed by atoms with E-state index in [0.29, 0.717) is 6.04 Å². The van der Waals surface area contributed by atoms with Gasteiger partial charge < -0.3 is 9.80 Å². The molecule has 2 aliphatic rings. The Morgan fingerprint density at radius 3 is 2.52 bits per heavy atom. The second-order valence-electron chi connectivity index (χ2n) is 7.94. The van der Waals surface area contributed by atoms with Gasteiger partial charge in [-0.3, -0.25) is 9.69 Å². The minimum atomic E-state index is 0. The second kappa shape index (κ2) is 9.38. The molecule has 2 aromatic carbocycles. The lowest BCUT2D eigenvalue weighted by Gasteiger charge is -2.39. The Morgan fingerprint density at radius 2 is 1.83 bits per heavy atom. The topological polar surface area (TPSA) is 26.8 Å². The maximum absolute atomic E-state index is 11.7. The van der Waals surface area contributed by atoms with Crippen LogP contribution < -0.4 is 9.80 Å². The molecule has 0 aromatic heterocycles. The minimum absolute atomic E-state index is 0. The van der Waals surface area contributed by atoms with Crippen LogP contribution in [0.5, 0.6) is 0 Å². The number of fused-ring (bicyclic) bond motifs is 1. The maximum Gasteiger partial charge on any atom is 0.223 e. The van der Waals surface area contributed by atoms with Crippen LogP contribution >= 0.6 is 24.0 Å². The fraction of sp³-hybridized carbons (Fsp3) is 0.435. The van der Waals surface area contributed by atoms with E-state index in [-0.39, 0.29) is 18.3 Å². The summed E-state index contributed by atoms with van der Waals surface area (Å²) in [5.74, 6) is 0.137. The van der Waals surface area contributed by atoms with Crippen LogP contribution in [0.15, 0.2) is 42.5 Å². The smallest absolute Gasteiger partial charge is 0.223 e. The summed E-state index contributed by atoms with van der Waals surface area (Å²) in [5.41, 5.74) is 4.99. The van der Waals surface area contributed by atoms with E-state index in [1.807, 2.05) is 17.0 Å². The van der Waals surface area contributed by atoms with Crippen LogP contribution in [0.2, 0.25) is 5.02 Å². The summed E-state index contributed by atoms with van der Waals surface area (Å²) in [4.78, 5) is 18.6. The van der Waals surface area contributed by atoms with E-state index in [9.17, 15) is 4.79 Å². The summed E-state index contributed by atoms with van der Waals surface area (Å²) >= 11 is 6.14. The van der Waals surface area contributed by atoms with E-state index in [4.69, 9.17) is 11.6 Å². The Hall–Kier alpha value is -1.75. The van der Waals surface area contributed by atoms with E-state index in [1.54, 1.807) is 6.92 Å². The van der Waals surface area contributed by atoms with Gasteiger partial charge in [-0.2, -0.15) is 0 Å². The van der Waals surface area contributed by atoms with Gasteiger partial charge in [0.05, 0.1) is 0 Å². The fourth-order valence-electron chi connectivity index (χ4n) is 4.47. The van der Waals surface area contributed by atoms with Gasteiger partial charge in [0.2, 0.25) is 5.91 Å². The average molecular weight is 434 g/mol. The first-order valence-corrected chi connectivity index (χ1v) is 10.5. The van der Waals surface area contributed by atoms with Crippen molar-refractivity contribution >= 4 is 41.3 Å².